The van der Waals surface area contributed by atoms with Crippen LogP contribution in [0, 0.1) is 0 Å². The summed E-state index contributed by atoms with van der Waals surface area (Å²) in [7, 11) is 0. The molecule has 0 unspecified atom stereocenters. The Morgan fingerprint density at radius 1 is 1.20 bits per heavy atom. The van der Waals surface area contributed by atoms with E-state index in [1.807, 2.05) is 0 Å². The molecule has 0 saturated heterocycles. The first-order chi connectivity index (χ1) is 4.81. The van der Waals surface area contributed by atoms with Gasteiger partial charge >= 0.3 is 0 Å². The summed E-state index contributed by atoms with van der Waals surface area (Å²) < 4.78 is 0. The molecule has 0 aliphatic carbocycles. The van der Waals surface area contributed by atoms with Crippen molar-refractivity contribution in [3.63, 3.8) is 0 Å². The van der Waals surface area contributed by atoms with E-state index in [4.69, 9.17) is 0 Å². The highest BCUT2D eigenvalue weighted by atomic mass is 14.9. The van der Waals surface area contributed by atoms with Crippen molar-refractivity contribution < 1.29 is 0 Å². The summed E-state index contributed by atoms with van der Waals surface area (Å²) in [6.45, 7) is 7.90. The Morgan fingerprint density at radius 3 is 2.40 bits per heavy atom. The molecule has 0 aromatic rings. The molecule has 0 bridgehead atoms. The zero-order chi connectivity index (χ0) is 7.82. The second-order valence-electron chi connectivity index (χ2n) is 2.97. The van der Waals surface area contributed by atoms with Gasteiger partial charge < -0.3 is 5.32 Å². The Balaban J connectivity index is 2.89. The molecule has 0 aliphatic rings. The Bertz CT molecular complexity index is 61.7. The molecule has 10 heavy (non-hydrogen) atoms. The van der Waals surface area contributed by atoms with Gasteiger partial charge in [-0.2, -0.15) is 0 Å². The van der Waals surface area contributed by atoms with Crippen molar-refractivity contribution in [1.82, 2.24) is 5.32 Å². The highest BCUT2D eigenvalue weighted by Gasteiger charge is 1.94. The summed E-state index contributed by atoms with van der Waals surface area (Å²) in [5.41, 5.74) is 0. The molecule has 1 N–H and O–H groups in total. The molecule has 0 rings (SSSR count). The molecular weight excluding hydrogens is 122 g/mol. The van der Waals surface area contributed by atoms with E-state index in [1.165, 1.54) is 32.2 Å². The third-order valence-corrected chi connectivity index (χ3v) is 1.89. The summed E-state index contributed by atoms with van der Waals surface area (Å²) in [6.07, 6.45) is 5.26. The third-order valence-electron chi connectivity index (χ3n) is 1.89. The average Bonchev–Trinajstić information content (AvgIpc) is 1.98. The highest BCUT2D eigenvalue weighted by molar-refractivity contribution is 4.56. The molecule has 0 saturated carbocycles. The van der Waals surface area contributed by atoms with Gasteiger partial charge in [0.2, 0.25) is 0 Å². The van der Waals surface area contributed by atoms with Gasteiger partial charge in [-0.05, 0) is 26.3 Å². The maximum Gasteiger partial charge on any atom is 0.00360 e. The van der Waals surface area contributed by atoms with E-state index in [2.05, 4.69) is 26.1 Å². The van der Waals surface area contributed by atoms with Crippen molar-refractivity contribution in [3.05, 3.63) is 0 Å². The van der Waals surface area contributed by atoms with Gasteiger partial charge in [0, 0.05) is 6.04 Å². The molecular formula is C9H21N. The first kappa shape index (κ1) is 9.96. The van der Waals surface area contributed by atoms with Crippen LogP contribution in [0.25, 0.3) is 0 Å². The Labute approximate surface area is 65.2 Å². The van der Waals surface area contributed by atoms with E-state index in [0.29, 0.717) is 6.04 Å². The lowest BCUT2D eigenvalue weighted by Gasteiger charge is -2.09. The quantitative estimate of drug-likeness (QED) is 0.563. The minimum Gasteiger partial charge on any atom is -0.314 e. The van der Waals surface area contributed by atoms with Crippen molar-refractivity contribution in [2.75, 3.05) is 6.54 Å². The van der Waals surface area contributed by atoms with Crippen LogP contribution < -0.4 is 5.32 Å². The van der Waals surface area contributed by atoms with Crippen LogP contribution in [-0.2, 0) is 0 Å². The molecule has 0 heterocycles. The number of unbranched alkanes of at least 4 members (excludes halogenated alkanes) is 2. The number of hydrogen-bond acceptors (Lipinski definition) is 1. The standard InChI is InChI=1S/C9H21N/c1-4-6-7-8-10-9(3)5-2/h9-10H,4-8H2,1-3H3/t9-/m0/s1. The van der Waals surface area contributed by atoms with Gasteiger partial charge in [0.15, 0.2) is 0 Å². The molecule has 0 fully saturated rings. The maximum absolute atomic E-state index is 3.47. The molecule has 1 heteroatoms. The molecule has 0 aromatic carbocycles. The predicted octanol–water partition coefficient (Wildman–Crippen LogP) is 2.56. The second kappa shape index (κ2) is 7.07. The highest BCUT2D eigenvalue weighted by Crippen LogP contribution is 1.93. The monoisotopic (exact) mass is 143 g/mol. The van der Waals surface area contributed by atoms with Crippen molar-refractivity contribution >= 4 is 0 Å². The summed E-state index contributed by atoms with van der Waals surface area (Å²) in [6, 6.07) is 0.705. The van der Waals surface area contributed by atoms with Crippen LogP contribution in [0.2, 0.25) is 0 Å². The number of rotatable bonds is 6. The minimum atomic E-state index is 0.705. The summed E-state index contributed by atoms with van der Waals surface area (Å²) >= 11 is 0. The molecule has 0 spiro atoms. The lowest BCUT2D eigenvalue weighted by atomic mass is 10.2. The Hall–Kier alpha value is -0.0400. The van der Waals surface area contributed by atoms with E-state index in [0.717, 1.165) is 0 Å². The van der Waals surface area contributed by atoms with Gasteiger partial charge in [-0.1, -0.05) is 26.7 Å². The van der Waals surface area contributed by atoms with Gasteiger partial charge in [0.1, 0.15) is 0 Å². The topological polar surface area (TPSA) is 12.0 Å². The van der Waals surface area contributed by atoms with Gasteiger partial charge in [-0.3, -0.25) is 0 Å². The van der Waals surface area contributed by atoms with Gasteiger partial charge in [0.25, 0.3) is 0 Å². The van der Waals surface area contributed by atoms with E-state index in [-0.39, 0.29) is 0 Å². The summed E-state index contributed by atoms with van der Waals surface area (Å²) in [5.74, 6) is 0. The van der Waals surface area contributed by atoms with Gasteiger partial charge in [0.05, 0.1) is 0 Å². The number of nitrogens with one attached hydrogen (secondary N) is 1. The fourth-order valence-electron chi connectivity index (χ4n) is 0.868. The van der Waals surface area contributed by atoms with Crippen LogP contribution >= 0.6 is 0 Å². The summed E-state index contributed by atoms with van der Waals surface area (Å²) in [5, 5.41) is 3.47. The molecule has 0 aromatic heterocycles. The second-order valence-corrected chi connectivity index (χ2v) is 2.97. The van der Waals surface area contributed by atoms with Gasteiger partial charge in [-0.25, -0.2) is 0 Å². The average molecular weight is 143 g/mol. The van der Waals surface area contributed by atoms with Crippen LogP contribution in [-0.4, -0.2) is 12.6 Å². The van der Waals surface area contributed by atoms with Crippen LogP contribution in [0.3, 0.4) is 0 Å². The molecule has 0 aliphatic heterocycles. The molecule has 1 nitrogen and oxygen atoms in total. The van der Waals surface area contributed by atoms with Gasteiger partial charge in [-0.15, -0.1) is 0 Å². The summed E-state index contributed by atoms with van der Waals surface area (Å²) in [4.78, 5) is 0. The SMILES string of the molecule is CCCCCN[C@@H](C)CC. The Morgan fingerprint density at radius 2 is 1.90 bits per heavy atom. The largest absolute Gasteiger partial charge is 0.314 e. The van der Waals surface area contributed by atoms with E-state index in [1.54, 1.807) is 0 Å². The van der Waals surface area contributed by atoms with Crippen molar-refractivity contribution in [3.8, 4) is 0 Å². The van der Waals surface area contributed by atoms with E-state index >= 15 is 0 Å². The Kier molecular flexibility index (Phi) is 7.04. The first-order valence-corrected chi connectivity index (χ1v) is 4.54. The van der Waals surface area contributed by atoms with E-state index < -0.39 is 0 Å². The van der Waals surface area contributed by atoms with Crippen molar-refractivity contribution in [1.29, 1.82) is 0 Å². The normalized spacial score (nSPS) is 13.5. The van der Waals surface area contributed by atoms with Crippen LogP contribution in [0.15, 0.2) is 0 Å². The fourth-order valence-corrected chi connectivity index (χ4v) is 0.868. The molecule has 0 radical (unpaired) electrons. The third kappa shape index (κ3) is 6.09. The molecule has 0 amide bonds. The maximum atomic E-state index is 3.47. The van der Waals surface area contributed by atoms with Crippen LogP contribution in [0.1, 0.15) is 46.5 Å². The molecule has 1 atom stereocenters. The van der Waals surface area contributed by atoms with Crippen molar-refractivity contribution in [2.24, 2.45) is 0 Å². The number of hydrogen-bond donors (Lipinski definition) is 1. The zero-order valence-corrected chi connectivity index (χ0v) is 7.61. The van der Waals surface area contributed by atoms with E-state index in [9.17, 15) is 0 Å². The van der Waals surface area contributed by atoms with Crippen LogP contribution in [0.5, 0.6) is 0 Å². The smallest absolute Gasteiger partial charge is 0.00360 e. The fraction of sp³-hybridized carbons (Fsp3) is 1.00. The lowest BCUT2D eigenvalue weighted by molar-refractivity contribution is 0.514. The minimum absolute atomic E-state index is 0.705. The molecule has 62 valence electrons. The zero-order valence-electron chi connectivity index (χ0n) is 7.61. The first-order valence-electron chi connectivity index (χ1n) is 4.54. The predicted molar refractivity (Wildman–Crippen MR) is 47.3 cm³/mol. The van der Waals surface area contributed by atoms with Crippen LogP contribution in [0.4, 0.5) is 0 Å². The lowest BCUT2D eigenvalue weighted by Crippen LogP contribution is -2.25. The van der Waals surface area contributed by atoms with Crippen molar-refractivity contribution in [2.45, 2.75) is 52.5 Å².